The van der Waals surface area contributed by atoms with Gasteiger partial charge in [-0.05, 0) is 51.3 Å². The highest BCUT2D eigenvalue weighted by Crippen LogP contribution is 2.28. The van der Waals surface area contributed by atoms with Crippen LogP contribution in [0.3, 0.4) is 0 Å². The minimum absolute atomic E-state index is 0.0245. The summed E-state index contributed by atoms with van der Waals surface area (Å²) in [5.74, 6) is -0.0776. The van der Waals surface area contributed by atoms with Crippen molar-refractivity contribution in [2.75, 3.05) is 39.3 Å². The first-order chi connectivity index (χ1) is 13.7. The van der Waals surface area contributed by atoms with Gasteiger partial charge in [0.2, 0.25) is 11.8 Å². The molecule has 7 heteroatoms. The number of carbonyl (C=O) groups excluding carboxylic acids is 2. The van der Waals surface area contributed by atoms with Gasteiger partial charge in [-0.25, -0.2) is 4.39 Å². The van der Waals surface area contributed by atoms with E-state index in [1.807, 2.05) is 25.7 Å². The van der Waals surface area contributed by atoms with Gasteiger partial charge in [-0.1, -0.05) is 12.1 Å². The van der Waals surface area contributed by atoms with Crippen LogP contribution in [0.2, 0.25) is 0 Å². The third-order valence-electron chi connectivity index (χ3n) is 5.31. The van der Waals surface area contributed by atoms with E-state index in [1.54, 1.807) is 12.1 Å². The topological polar surface area (TPSA) is 55.9 Å². The van der Waals surface area contributed by atoms with Crippen molar-refractivity contribution in [2.45, 2.75) is 51.7 Å². The molecule has 0 unspecified atom stereocenters. The van der Waals surface area contributed by atoms with Gasteiger partial charge in [0.05, 0.1) is 13.1 Å². The molecule has 0 spiro atoms. The van der Waals surface area contributed by atoms with Crippen molar-refractivity contribution in [1.29, 1.82) is 0 Å². The lowest BCUT2D eigenvalue weighted by molar-refractivity contribution is -0.134. The van der Waals surface area contributed by atoms with Crippen molar-refractivity contribution < 1.29 is 14.0 Å². The quantitative estimate of drug-likeness (QED) is 0.754. The number of hydrogen-bond acceptors (Lipinski definition) is 4. The van der Waals surface area contributed by atoms with Gasteiger partial charge in [-0.3, -0.25) is 19.4 Å². The molecule has 0 bridgehead atoms. The number of carbonyl (C=O) groups is 2. The SMILES string of the molecule is CC(C)(C)NC(=O)CN1CCN(C(=O)CN(Cc2ccc(F)cc2)C2CC2)CC1. The smallest absolute Gasteiger partial charge is 0.236 e. The number of rotatable bonds is 7. The zero-order valence-corrected chi connectivity index (χ0v) is 17.8. The van der Waals surface area contributed by atoms with Gasteiger partial charge in [0.25, 0.3) is 0 Å². The van der Waals surface area contributed by atoms with Crippen LogP contribution in [0.4, 0.5) is 4.39 Å². The molecule has 1 N–H and O–H groups in total. The van der Waals surface area contributed by atoms with Crippen molar-refractivity contribution >= 4 is 11.8 Å². The van der Waals surface area contributed by atoms with E-state index in [1.165, 1.54) is 12.1 Å². The Bertz CT molecular complexity index is 705. The molecule has 1 aromatic carbocycles. The van der Waals surface area contributed by atoms with Crippen LogP contribution < -0.4 is 5.32 Å². The Kier molecular flexibility index (Phi) is 6.90. The molecule has 3 rings (SSSR count). The average molecular weight is 405 g/mol. The summed E-state index contributed by atoms with van der Waals surface area (Å²) in [4.78, 5) is 31.1. The Balaban J connectivity index is 1.45. The lowest BCUT2D eigenvalue weighted by atomic mass is 10.1. The molecule has 2 aliphatic rings. The molecular formula is C22H33FN4O2. The zero-order chi connectivity index (χ0) is 21.0. The maximum Gasteiger partial charge on any atom is 0.236 e. The van der Waals surface area contributed by atoms with Crippen LogP contribution in [0.25, 0.3) is 0 Å². The molecule has 2 fully saturated rings. The van der Waals surface area contributed by atoms with Gasteiger partial charge in [0.15, 0.2) is 0 Å². The molecule has 1 saturated heterocycles. The second kappa shape index (κ2) is 9.22. The molecule has 160 valence electrons. The molecule has 0 atom stereocenters. The van der Waals surface area contributed by atoms with Crippen molar-refractivity contribution in [3.63, 3.8) is 0 Å². The van der Waals surface area contributed by atoms with Crippen molar-refractivity contribution in [3.05, 3.63) is 35.6 Å². The van der Waals surface area contributed by atoms with Crippen LogP contribution in [0.15, 0.2) is 24.3 Å². The molecule has 29 heavy (non-hydrogen) atoms. The number of nitrogens with one attached hydrogen (secondary N) is 1. The monoisotopic (exact) mass is 404 g/mol. The molecule has 6 nitrogen and oxygen atoms in total. The Labute approximate surface area is 173 Å². The maximum absolute atomic E-state index is 13.1. The van der Waals surface area contributed by atoms with Crippen LogP contribution in [-0.4, -0.2) is 77.4 Å². The summed E-state index contributed by atoms with van der Waals surface area (Å²) in [6.07, 6.45) is 2.23. The van der Waals surface area contributed by atoms with E-state index in [9.17, 15) is 14.0 Å². The number of amides is 2. The summed E-state index contributed by atoms with van der Waals surface area (Å²) in [5, 5.41) is 2.98. The van der Waals surface area contributed by atoms with E-state index in [4.69, 9.17) is 0 Å². The first-order valence-corrected chi connectivity index (χ1v) is 10.5. The largest absolute Gasteiger partial charge is 0.350 e. The summed E-state index contributed by atoms with van der Waals surface area (Å²) in [5.41, 5.74) is 0.798. The Morgan fingerprint density at radius 2 is 1.72 bits per heavy atom. The summed E-state index contributed by atoms with van der Waals surface area (Å²) >= 11 is 0. The molecule has 1 aliphatic heterocycles. The average Bonchev–Trinajstić information content (AvgIpc) is 3.47. The van der Waals surface area contributed by atoms with Gasteiger partial charge < -0.3 is 10.2 Å². The van der Waals surface area contributed by atoms with E-state index in [-0.39, 0.29) is 23.2 Å². The van der Waals surface area contributed by atoms with E-state index >= 15 is 0 Å². The highest BCUT2D eigenvalue weighted by atomic mass is 19.1. The third kappa shape index (κ3) is 7.08. The van der Waals surface area contributed by atoms with Gasteiger partial charge in [-0.2, -0.15) is 0 Å². The Morgan fingerprint density at radius 1 is 1.10 bits per heavy atom. The normalized spacial score (nSPS) is 18.2. The molecular weight excluding hydrogens is 371 g/mol. The van der Waals surface area contributed by atoms with Crippen LogP contribution in [0, 0.1) is 5.82 Å². The van der Waals surface area contributed by atoms with Gasteiger partial charge in [-0.15, -0.1) is 0 Å². The van der Waals surface area contributed by atoms with Crippen molar-refractivity contribution in [2.24, 2.45) is 0 Å². The second-order valence-electron chi connectivity index (χ2n) is 9.22. The van der Waals surface area contributed by atoms with Crippen LogP contribution in [0.1, 0.15) is 39.2 Å². The molecule has 1 heterocycles. The fraction of sp³-hybridized carbons (Fsp3) is 0.636. The Hall–Kier alpha value is -1.99. The summed E-state index contributed by atoms with van der Waals surface area (Å²) in [6, 6.07) is 6.97. The van der Waals surface area contributed by atoms with Gasteiger partial charge >= 0.3 is 0 Å². The molecule has 1 aromatic rings. The minimum atomic E-state index is -0.239. The van der Waals surface area contributed by atoms with E-state index in [2.05, 4.69) is 15.1 Å². The van der Waals surface area contributed by atoms with Crippen molar-refractivity contribution in [3.8, 4) is 0 Å². The van der Waals surface area contributed by atoms with Crippen LogP contribution in [0.5, 0.6) is 0 Å². The van der Waals surface area contributed by atoms with Gasteiger partial charge in [0, 0.05) is 44.3 Å². The second-order valence-corrected chi connectivity index (χ2v) is 9.22. The first kappa shape index (κ1) is 21.7. The summed E-state index contributed by atoms with van der Waals surface area (Å²) in [7, 11) is 0. The molecule has 2 amide bonds. The van der Waals surface area contributed by atoms with Crippen LogP contribution >= 0.6 is 0 Å². The molecule has 0 aromatic heterocycles. The fourth-order valence-corrected chi connectivity index (χ4v) is 3.67. The summed E-state index contributed by atoms with van der Waals surface area (Å²) < 4.78 is 13.1. The molecule has 1 saturated carbocycles. The number of benzene rings is 1. The van der Waals surface area contributed by atoms with Gasteiger partial charge in [0.1, 0.15) is 5.82 Å². The van der Waals surface area contributed by atoms with E-state index in [0.717, 1.165) is 18.4 Å². The predicted molar refractivity (Wildman–Crippen MR) is 111 cm³/mol. The molecule has 0 radical (unpaired) electrons. The van der Waals surface area contributed by atoms with Crippen LogP contribution in [-0.2, 0) is 16.1 Å². The highest BCUT2D eigenvalue weighted by molar-refractivity contribution is 5.79. The predicted octanol–water partition coefficient (Wildman–Crippen LogP) is 1.85. The standard InChI is InChI=1S/C22H33FN4O2/c1-22(2,3)24-20(28)15-25-10-12-26(13-11-25)21(29)16-27(19-8-9-19)14-17-4-6-18(23)7-5-17/h4-7,19H,8-16H2,1-3H3,(H,24,28). The van der Waals surface area contributed by atoms with Crippen molar-refractivity contribution in [1.82, 2.24) is 20.0 Å². The zero-order valence-electron chi connectivity index (χ0n) is 17.8. The number of halogens is 1. The van der Waals surface area contributed by atoms with E-state index < -0.39 is 0 Å². The lowest BCUT2D eigenvalue weighted by Gasteiger charge is -2.36. The third-order valence-corrected chi connectivity index (χ3v) is 5.31. The lowest BCUT2D eigenvalue weighted by Crippen LogP contribution is -2.54. The first-order valence-electron chi connectivity index (χ1n) is 10.5. The maximum atomic E-state index is 13.1. The number of hydrogen-bond donors (Lipinski definition) is 1. The fourth-order valence-electron chi connectivity index (χ4n) is 3.67. The Morgan fingerprint density at radius 3 is 2.28 bits per heavy atom. The summed E-state index contributed by atoms with van der Waals surface area (Å²) in [6.45, 7) is 10.1. The molecule has 1 aliphatic carbocycles. The van der Waals surface area contributed by atoms with E-state index in [0.29, 0.717) is 51.9 Å². The number of nitrogens with zero attached hydrogens (tertiary/aromatic N) is 3. The minimum Gasteiger partial charge on any atom is -0.350 e. The number of piperazine rings is 1. The highest BCUT2D eigenvalue weighted by Gasteiger charge is 2.32.